The third kappa shape index (κ3) is 3.96. The zero-order valence-electron chi connectivity index (χ0n) is 12.6. The molecular formula is C18H19N3. The Labute approximate surface area is 125 Å². The quantitative estimate of drug-likeness (QED) is 0.626. The van der Waals surface area contributed by atoms with E-state index in [2.05, 4.69) is 59.1 Å². The van der Waals surface area contributed by atoms with E-state index in [1.807, 2.05) is 6.08 Å². The monoisotopic (exact) mass is 277 g/mol. The molecule has 1 aromatic carbocycles. The third-order valence-corrected chi connectivity index (χ3v) is 3.17. The van der Waals surface area contributed by atoms with Gasteiger partial charge in [0.25, 0.3) is 0 Å². The van der Waals surface area contributed by atoms with E-state index >= 15 is 0 Å². The van der Waals surface area contributed by atoms with E-state index in [1.165, 1.54) is 16.7 Å². The predicted octanol–water partition coefficient (Wildman–Crippen LogP) is 3.97. The van der Waals surface area contributed by atoms with Crippen LogP contribution in [0.5, 0.6) is 0 Å². The fourth-order valence-corrected chi connectivity index (χ4v) is 2.08. The number of aromatic nitrogens is 2. The van der Waals surface area contributed by atoms with Gasteiger partial charge >= 0.3 is 0 Å². The van der Waals surface area contributed by atoms with Crippen LogP contribution in [0.25, 0.3) is 11.1 Å². The van der Waals surface area contributed by atoms with E-state index in [0.717, 1.165) is 5.57 Å². The fraction of sp³-hybridized carbons (Fsp3) is 0.167. The Morgan fingerprint density at radius 3 is 2.43 bits per heavy atom. The smallest absolute Gasteiger partial charge is 0.160 e. The molecule has 3 heteroatoms. The van der Waals surface area contributed by atoms with Crippen LogP contribution in [0.2, 0.25) is 0 Å². The standard InChI is InChI=1S/C18H19N3/c1-14-7-4-5-8-17(14)15(2)9-10-16(13-19-3)18-20-11-6-12-21-18/h4-13H,1-3H3/b15-9+,16-10+,19-13?. The molecule has 0 amide bonds. The molecule has 0 saturated carbocycles. The Bertz CT molecular complexity index is 683. The first-order valence-corrected chi connectivity index (χ1v) is 6.86. The highest BCUT2D eigenvalue weighted by molar-refractivity contribution is 6.08. The highest BCUT2D eigenvalue weighted by Crippen LogP contribution is 2.18. The lowest BCUT2D eigenvalue weighted by Gasteiger charge is -2.05. The van der Waals surface area contributed by atoms with Gasteiger partial charge < -0.3 is 0 Å². The maximum atomic E-state index is 4.27. The summed E-state index contributed by atoms with van der Waals surface area (Å²) in [6.45, 7) is 4.22. The molecule has 1 aromatic heterocycles. The molecule has 3 nitrogen and oxygen atoms in total. The van der Waals surface area contributed by atoms with Crippen molar-refractivity contribution in [3.63, 3.8) is 0 Å². The second-order valence-electron chi connectivity index (χ2n) is 4.75. The molecule has 0 aliphatic rings. The lowest BCUT2D eigenvalue weighted by atomic mass is 10.0. The summed E-state index contributed by atoms with van der Waals surface area (Å²) in [7, 11) is 1.74. The van der Waals surface area contributed by atoms with Gasteiger partial charge in [0.05, 0.1) is 0 Å². The number of rotatable bonds is 4. The predicted molar refractivity (Wildman–Crippen MR) is 89.3 cm³/mol. The molecule has 0 bridgehead atoms. The van der Waals surface area contributed by atoms with E-state index < -0.39 is 0 Å². The first kappa shape index (κ1) is 14.9. The lowest BCUT2D eigenvalue weighted by Crippen LogP contribution is -1.93. The van der Waals surface area contributed by atoms with Gasteiger partial charge in [-0.25, -0.2) is 9.97 Å². The van der Waals surface area contributed by atoms with Crippen LogP contribution < -0.4 is 0 Å². The summed E-state index contributed by atoms with van der Waals surface area (Å²) < 4.78 is 0. The number of hydrogen-bond donors (Lipinski definition) is 0. The molecule has 0 aliphatic carbocycles. The Morgan fingerprint density at radius 2 is 1.76 bits per heavy atom. The second-order valence-corrected chi connectivity index (χ2v) is 4.75. The van der Waals surface area contributed by atoms with Crippen molar-refractivity contribution in [2.75, 3.05) is 7.05 Å². The van der Waals surface area contributed by atoms with Crippen molar-refractivity contribution in [2.45, 2.75) is 13.8 Å². The number of aliphatic imine (C=N–C) groups is 1. The molecule has 0 saturated heterocycles. The summed E-state index contributed by atoms with van der Waals surface area (Å²) in [5.41, 5.74) is 4.61. The Kier molecular flexibility index (Phi) is 5.16. The van der Waals surface area contributed by atoms with Gasteiger partial charge in [-0.2, -0.15) is 0 Å². The van der Waals surface area contributed by atoms with Crippen LogP contribution >= 0.6 is 0 Å². The van der Waals surface area contributed by atoms with Gasteiger partial charge in [0.1, 0.15) is 0 Å². The molecule has 0 radical (unpaired) electrons. The van der Waals surface area contributed by atoms with Gasteiger partial charge in [0, 0.05) is 31.2 Å². The van der Waals surface area contributed by atoms with Gasteiger partial charge in [0.2, 0.25) is 0 Å². The number of aryl methyl sites for hydroxylation is 1. The normalized spacial score (nSPS) is 12.9. The van der Waals surface area contributed by atoms with Crippen LogP contribution in [-0.4, -0.2) is 23.2 Å². The van der Waals surface area contributed by atoms with Crippen LogP contribution in [0.15, 0.2) is 59.9 Å². The number of hydrogen-bond acceptors (Lipinski definition) is 3. The summed E-state index contributed by atoms with van der Waals surface area (Å²) in [5, 5.41) is 0. The zero-order valence-corrected chi connectivity index (χ0v) is 12.6. The molecule has 0 atom stereocenters. The molecule has 21 heavy (non-hydrogen) atoms. The summed E-state index contributed by atoms with van der Waals surface area (Å²) >= 11 is 0. The van der Waals surface area contributed by atoms with Gasteiger partial charge in [-0.3, -0.25) is 4.99 Å². The minimum absolute atomic E-state index is 0.678. The van der Waals surface area contributed by atoms with Gasteiger partial charge in [-0.15, -0.1) is 0 Å². The summed E-state index contributed by atoms with van der Waals surface area (Å²) in [4.78, 5) is 12.6. The van der Waals surface area contributed by atoms with E-state index in [0.29, 0.717) is 5.82 Å². The molecular weight excluding hydrogens is 258 g/mol. The Morgan fingerprint density at radius 1 is 1.05 bits per heavy atom. The minimum atomic E-state index is 0.678. The SMILES string of the molecule is CN=C/C(=C\C=C(/C)c1ccccc1C)c1ncccn1. The van der Waals surface area contributed by atoms with Crippen LogP contribution in [0, 0.1) is 6.92 Å². The van der Waals surface area contributed by atoms with Crippen LogP contribution in [-0.2, 0) is 0 Å². The molecule has 1 heterocycles. The molecule has 2 aromatic rings. The van der Waals surface area contributed by atoms with Gasteiger partial charge in [-0.1, -0.05) is 30.3 Å². The molecule has 0 spiro atoms. The zero-order chi connectivity index (χ0) is 15.1. The van der Waals surface area contributed by atoms with E-state index in [4.69, 9.17) is 0 Å². The molecule has 0 unspecified atom stereocenters. The Balaban J connectivity index is 2.36. The Hall–Kier alpha value is -2.55. The average molecular weight is 277 g/mol. The van der Waals surface area contributed by atoms with Crippen LogP contribution in [0.3, 0.4) is 0 Å². The maximum Gasteiger partial charge on any atom is 0.160 e. The molecule has 0 fully saturated rings. The van der Waals surface area contributed by atoms with E-state index in [1.54, 1.807) is 31.7 Å². The van der Waals surface area contributed by atoms with E-state index in [-0.39, 0.29) is 0 Å². The summed E-state index contributed by atoms with van der Waals surface area (Å²) in [5.74, 6) is 0.678. The number of benzene rings is 1. The summed E-state index contributed by atoms with van der Waals surface area (Å²) in [6.07, 6.45) is 9.33. The highest BCUT2D eigenvalue weighted by Gasteiger charge is 2.01. The lowest BCUT2D eigenvalue weighted by molar-refractivity contribution is 1.13. The topological polar surface area (TPSA) is 38.1 Å². The van der Waals surface area contributed by atoms with Gasteiger partial charge in [-0.05, 0) is 42.7 Å². The van der Waals surface area contributed by atoms with Crippen LogP contribution in [0.1, 0.15) is 23.9 Å². The van der Waals surface area contributed by atoms with Crippen molar-refractivity contribution in [1.82, 2.24) is 9.97 Å². The third-order valence-electron chi connectivity index (χ3n) is 3.17. The van der Waals surface area contributed by atoms with Crippen molar-refractivity contribution in [3.05, 3.63) is 71.8 Å². The largest absolute Gasteiger partial charge is 0.296 e. The van der Waals surface area contributed by atoms with Crippen molar-refractivity contribution in [3.8, 4) is 0 Å². The van der Waals surface area contributed by atoms with Crippen molar-refractivity contribution < 1.29 is 0 Å². The molecule has 106 valence electrons. The fourth-order valence-electron chi connectivity index (χ4n) is 2.08. The number of allylic oxidation sites excluding steroid dienone is 4. The van der Waals surface area contributed by atoms with Gasteiger partial charge in [0.15, 0.2) is 5.82 Å². The van der Waals surface area contributed by atoms with Crippen molar-refractivity contribution >= 4 is 17.4 Å². The van der Waals surface area contributed by atoms with Crippen molar-refractivity contribution in [2.24, 2.45) is 4.99 Å². The molecule has 2 rings (SSSR count). The minimum Gasteiger partial charge on any atom is -0.296 e. The van der Waals surface area contributed by atoms with E-state index in [9.17, 15) is 0 Å². The first-order valence-electron chi connectivity index (χ1n) is 6.86. The van der Waals surface area contributed by atoms with Crippen molar-refractivity contribution in [1.29, 1.82) is 0 Å². The summed E-state index contributed by atoms with van der Waals surface area (Å²) in [6, 6.07) is 10.2. The highest BCUT2D eigenvalue weighted by atomic mass is 14.9. The maximum absolute atomic E-state index is 4.27. The molecule has 0 aliphatic heterocycles. The average Bonchev–Trinajstić information content (AvgIpc) is 2.52. The second kappa shape index (κ2) is 7.29. The first-order chi connectivity index (χ1) is 10.2. The van der Waals surface area contributed by atoms with Crippen LogP contribution in [0.4, 0.5) is 0 Å². The molecule has 0 N–H and O–H groups in total. The number of nitrogens with zero attached hydrogens (tertiary/aromatic N) is 3.